The summed E-state index contributed by atoms with van der Waals surface area (Å²) in [4.78, 5) is 31.7. The van der Waals surface area contributed by atoms with Crippen LogP contribution in [0.5, 0.6) is 0 Å². The predicted octanol–water partition coefficient (Wildman–Crippen LogP) is 5.52. The minimum atomic E-state index is -0.397. The first-order chi connectivity index (χ1) is 20.9. The maximum atomic E-state index is 11.8. The number of terminal acetylenes is 2. The van der Waals surface area contributed by atoms with Crippen molar-refractivity contribution in [3.05, 3.63) is 0 Å². The van der Waals surface area contributed by atoms with E-state index in [0.29, 0.717) is 35.8 Å². The quantitative estimate of drug-likeness (QED) is 0.382. The van der Waals surface area contributed by atoms with Crippen molar-refractivity contribution in [2.24, 2.45) is 41.2 Å². The SMILES string of the molecule is C.C.C#CC#CC#C.CC(C)(C)OC(=O)N1C[C@@H]2C(N)[C@@H]2C1.CN(C)C1[C@H]2CCC[C@@H]12.CN(C)C1[C@H]2CN(C(=O)OC(C)(C)C)C[C@@H]12.Cl. The van der Waals surface area contributed by atoms with Crippen molar-refractivity contribution < 1.29 is 19.1 Å². The molecule has 6 fully saturated rings. The van der Waals surface area contributed by atoms with Crippen LogP contribution in [0, 0.1) is 72.0 Å². The van der Waals surface area contributed by atoms with Crippen LogP contribution in [0.15, 0.2) is 0 Å². The summed E-state index contributed by atoms with van der Waals surface area (Å²) in [7, 11) is 8.65. The van der Waals surface area contributed by atoms with Crippen LogP contribution in [-0.4, -0.2) is 115 Å². The van der Waals surface area contributed by atoms with Crippen LogP contribution in [0.25, 0.3) is 0 Å². The van der Waals surface area contributed by atoms with Gasteiger partial charge in [0.05, 0.1) is 0 Å². The highest BCUT2D eigenvalue weighted by Gasteiger charge is 2.58. The average Bonchev–Trinajstić information content (AvgIpc) is 3.71. The highest BCUT2D eigenvalue weighted by molar-refractivity contribution is 5.85. The molecule has 9 nitrogen and oxygen atoms in total. The zero-order chi connectivity index (χ0) is 33.9. The molecule has 3 unspecified atom stereocenters. The average molecular weight is 692 g/mol. The summed E-state index contributed by atoms with van der Waals surface area (Å²) in [5, 5.41) is 0. The summed E-state index contributed by atoms with van der Waals surface area (Å²) in [5.41, 5.74) is 5.00. The van der Waals surface area contributed by atoms with Gasteiger partial charge in [-0.2, -0.15) is 0 Å². The standard InChI is InChI=1S/C12H22N2O2.C10H18N2O2.C8H15N.C6H2.2CH4.ClH/c1-12(2,3)16-11(15)14-6-8-9(7-14)10(8)13(4)5;1-10(2,3)14-9(13)12-4-6-7(5-12)8(6)11;1-9(2)8-6-4-3-5-7(6)8;1-3-5-6-4-2;;;/h8-10H,6-7H2,1-5H3;6-8H,4-5,11H2,1-3H3;6-8H,3-5H2,1-2H3;1-2H;2*1H4;1H/t8-,9+,10?;2*6-,7+,8?;;;;. The molecule has 2 heterocycles. The van der Waals surface area contributed by atoms with Crippen molar-refractivity contribution in [3.8, 4) is 36.5 Å². The van der Waals surface area contributed by atoms with Gasteiger partial charge in [0, 0.05) is 44.3 Å². The molecule has 0 radical (unpaired) electrons. The number of carbonyl (C=O) groups is 2. The van der Waals surface area contributed by atoms with E-state index in [9.17, 15) is 9.59 Å². The Balaban J connectivity index is 0.000000634. The largest absolute Gasteiger partial charge is 0.444 e. The molecule has 0 aromatic heterocycles. The second-order valence-electron chi connectivity index (χ2n) is 15.7. The Morgan fingerprint density at radius 2 is 0.979 bits per heavy atom. The number of ether oxygens (including phenoxy) is 2. The van der Waals surface area contributed by atoms with Gasteiger partial charge in [0.25, 0.3) is 0 Å². The molecule has 0 spiro atoms. The Labute approximate surface area is 299 Å². The van der Waals surface area contributed by atoms with E-state index in [1.165, 1.54) is 19.3 Å². The third-order valence-corrected chi connectivity index (χ3v) is 9.47. The number of halogens is 1. The predicted molar refractivity (Wildman–Crippen MR) is 199 cm³/mol. The van der Waals surface area contributed by atoms with Gasteiger partial charge in [-0.1, -0.05) is 21.3 Å². The number of fused-ring (bicyclic) bond motifs is 3. The number of piperidine rings is 2. The number of likely N-dealkylation sites (tertiary alicyclic amines) is 2. The van der Waals surface area contributed by atoms with Crippen LogP contribution in [0.1, 0.15) is 75.7 Å². The van der Waals surface area contributed by atoms with E-state index in [1.54, 1.807) is 4.90 Å². The van der Waals surface area contributed by atoms with Crippen molar-refractivity contribution in [2.45, 2.75) is 105 Å². The van der Waals surface area contributed by atoms with Gasteiger partial charge in [0.15, 0.2) is 0 Å². The number of hydrogen-bond acceptors (Lipinski definition) is 7. The molecule has 0 aromatic carbocycles. The minimum Gasteiger partial charge on any atom is -0.444 e. The first-order valence-electron chi connectivity index (χ1n) is 16.4. The molecule has 6 aliphatic rings. The van der Waals surface area contributed by atoms with Crippen molar-refractivity contribution >= 4 is 24.6 Å². The highest BCUT2D eigenvalue weighted by Crippen LogP contribution is 2.54. The Bertz CT molecular complexity index is 1150. The van der Waals surface area contributed by atoms with Crippen LogP contribution in [0.3, 0.4) is 0 Å². The molecule has 4 aliphatic carbocycles. The monoisotopic (exact) mass is 691 g/mol. The molecule has 48 heavy (non-hydrogen) atoms. The van der Waals surface area contributed by atoms with Crippen molar-refractivity contribution in [2.75, 3.05) is 54.4 Å². The highest BCUT2D eigenvalue weighted by atomic mass is 35.5. The molecule has 6 rings (SSSR count). The van der Waals surface area contributed by atoms with Crippen LogP contribution < -0.4 is 5.73 Å². The van der Waals surface area contributed by atoms with E-state index in [1.807, 2.05) is 46.4 Å². The number of rotatable bonds is 2. The number of nitrogens with two attached hydrogens (primary N) is 1. The number of hydrogen-bond donors (Lipinski definition) is 1. The lowest BCUT2D eigenvalue weighted by Crippen LogP contribution is -2.39. The minimum absolute atomic E-state index is 0. The summed E-state index contributed by atoms with van der Waals surface area (Å²) in [6.45, 7) is 14.7. The molecule has 9 atom stereocenters. The fraction of sp³-hybridized carbons (Fsp3) is 0.789. The maximum absolute atomic E-state index is 11.8. The topological polar surface area (TPSA) is 91.6 Å². The number of nitrogens with zero attached hydrogens (tertiary/aromatic N) is 4. The molecule has 2 aliphatic heterocycles. The molecule has 274 valence electrons. The molecular weight excluding hydrogens is 626 g/mol. The van der Waals surface area contributed by atoms with E-state index in [0.717, 1.165) is 44.1 Å². The van der Waals surface area contributed by atoms with Crippen molar-refractivity contribution in [3.63, 3.8) is 0 Å². The third-order valence-electron chi connectivity index (χ3n) is 9.47. The van der Waals surface area contributed by atoms with Gasteiger partial charge in [-0.3, -0.25) is 0 Å². The second-order valence-corrected chi connectivity index (χ2v) is 15.7. The second kappa shape index (κ2) is 18.4. The lowest BCUT2D eigenvalue weighted by Gasteiger charge is -2.26. The first-order valence-corrected chi connectivity index (χ1v) is 16.4. The summed E-state index contributed by atoms with van der Waals surface area (Å²) in [5.74, 6) is 13.2. The zero-order valence-electron chi connectivity index (χ0n) is 29.7. The van der Waals surface area contributed by atoms with E-state index in [-0.39, 0.29) is 45.0 Å². The molecule has 10 heteroatoms. The fourth-order valence-electron chi connectivity index (χ4n) is 7.41. The summed E-state index contributed by atoms with van der Waals surface area (Å²) in [6, 6.07) is 1.98. The van der Waals surface area contributed by atoms with Gasteiger partial charge in [-0.15, -0.1) is 25.3 Å². The molecule has 2 saturated heterocycles. The van der Waals surface area contributed by atoms with Gasteiger partial charge < -0.3 is 34.8 Å². The number of amides is 2. The molecule has 4 saturated carbocycles. The van der Waals surface area contributed by atoms with Crippen molar-refractivity contribution in [1.29, 1.82) is 0 Å². The Kier molecular flexibility index (Phi) is 17.4. The molecule has 2 amide bonds. The maximum Gasteiger partial charge on any atom is 0.410 e. The van der Waals surface area contributed by atoms with Gasteiger partial charge in [0.2, 0.25) is 0 Å². The van der Waals surface area contributed by atoms with E-state index < -0.39 is 5.60 Å². The fourth-order valence-corrected chi connectivity index (χ4v) is 7.41. The molecule has 2 N–H and O–H groups in total. The lowest BCUT2D eigenvalue weighted by molar-refractivity contribution is 0.0255. The molecular formula is C38H66ClN5O4. The smallest absolute Gasteiger partial charge is 0.410 e. The van der Waals surface area contributed by atoms with Crippen LogP contribution >= 0.6 is 12.4 Å². The Hall–Kier alpha value is -2.61. The van der Waals surface area contributed by atoms with E-state index in [4.69, 9.17) is 28.1 Å². The lowest BCUT2D eigenvalue weighted by atomic mass is 10.2. The van der Waals surface area contributed by atoms with Crippen molar-refractivity contribution in [1.82, 2.24) is 19.6 Å². The van der Waals surface area contributed by atoms with Gasteiger partial charge >= 0.3 is 12.2 Å². The Morgan fingerprint density at radius 1 is 0.667 bits per heavy atom. The number of carbonyl (C=O) groups excluding carboxylic acids is 2. The van der Waals surface area contributed by atoms with E-state index >= 15 is 0 Å². The van der Waals surface area contributed by atoms with E-state index in [2.05, 4.69) is 61.7 Å². The Morgan fingerprint density at radius 3 is 1.25 bits per heavy atom. The summed E-state index contributed by atoms with van der Waals surface area (Å²) in [6.07, 6.45) is 13.6. The third kappa shape index (κ3) is 12.7. The normalized spacial score (nSPS) is 30.6. The summed E-state index contributed by atoms with van der Waals surface area (Å²) >= 11 is 0. The van der Waals surface area contributed by atoms with Gasteiger partial charge in [-0.05, 0) is 142 Å². The molecule has 0 aromatic rings. The van der Waals surface area contributed by atoms with Gasteiger partial charge in [-0.25, -0.2) is 9.59 Å². The van der Waals surface area contributed by atoms with Crippen LogP contribution in [0.4, 0.5) is 9.59 Å². The van der Waals surface area contributed by atoms with Gasteiger partial charge in [0.1, 0.15) is 11.2 Å². The molecule has 0 bridgehead atoms. The van der Waals surface area contributed by atoms with Crippen LogP contribution in [-0.2, 0) is 9.47 Å². The zero-order valence-corrected chi connectivity index (χ0v) is 30.5. The van der Waals surface area contributed by atoms with Crippen LogP contribution in [0.2, 0.25) is 0 Å². The first kappa shape index (κ1) is 45.4. The summed E-state index contributed by atoms with van der Waals surface area (Å²) < 4.78 is 10.6.